The molecule has 28 heavy (non-hydrogen) atoms. The van der Waals surface area contributed by atoms with E-state index < -0.39 is 0 Å². The van der Waals surface area contributed by atoms with E-state index in [1.165, 1.54) is 24.6 Å². The van der Waals surface area contributed by atoms with Crippen LogP contribution in [0.2, 0.25) is 0 Å². The van der Waals surface area contributed by atoms with E-state index in [0.717, 1.165) is 50.5 Å². The van der Waals surface area contributed by atoms with E-state index in [4.69, 9.17) is 0 Å². The number of benzene rings is 2. The van der Waals surface area contributed by atoms with Gasteiger partial charge < -0.3 is 10.2 Å². The molecule has 2 aliphatic rings. The van der Waals surface area contributed by atoms with Crippen molar-refractivity contribution in [1.82, 2.24) is 0 Å². The molecular formula is C24H30F2O2. The second kappa shape index (κ2) is 10.1. The minimum absolute atomic E-state index is 0.00458. The van der Waals surface area contributed by atoms with Crippen LogP contribution in [-0.4, -0.2) is 22.4 Å². The summed E-state index contributed by atoms with van der Waals surface area (Å²) in [5, 5.41) is 19.6. The Morgan fingerprint density at radius 3 is 1.75 bits per heavy atom. The highest BCUT2D eigenvalue weighted by Crippen LogP contribution is 2.34. The fraction of sp³-hybridized carbons (Fsp3) is 0.500. The molecule has 2 fully saturated rings. The summed E-state index contributed by atoms with van der Waals surface area (Å²) < 4.78 is 26.1. The smallest absolute Gasteiger partial charge is 0.126 e. The van der Waals surface area contributed by atoms with Gasteiger partial charge in [0.05, 0.1) is 12.2 Å². The van der Waals surface area contributed by atoms with Crippen molar-refractivity contribution in [2.24, 2.45) is 0 Å². The molecule has 4 heteroatoms. The van der Waals surface area contributed by atoms with Gasteiger partial charge in [-0.3, -0.25) is 0 Å². The highest BCUT2D eigenvalue weighted by molar-refractivity contribution is 5.23. The standard InChI is InChI=1S/2C12H15FO/c13-11-7-3-1-5-9(11)10-6-2-4-8-12(10)14;13-10-7-5-9(6-8-10)11-3-1-2-4-12(11)14/h1,3,5,7,10,12,14H,2,4,6,8H2;5-8,11-12,14H,1-4H2/t10-,12+;11-,12+/m00/s1. The summed E-state index contributed by atoms with van der Waals surface area (Å²) in [7, 11) is 0. The number of hydrogen-bond acceptors (Lipinski definition) is 2. The Kier molecular flexibility index (Phi) is 7.57. The highest BCUT2D eigenvalue weighted by Gasteiger charge is 2.26. The van der Waals surface area contributed by atoms with Gasteiger partial charge in [0.1, 0.15) is 11.6 Å². The van der Waals surface area contributed by atoms with Crippen molar-refractivity contribution in [3.63, 3.8) is 0 Å². The summed E-state index contributed by atoms with van der Waals surface area (Å²) in [5.41, 5.74) is 1.75. The zero-order chi connectivity index (χ0) is 19.9. The van der Waals surface area contributed by atoms with Gasteiger partial charge in [-0.05, 0) is 55.0 Å². The first-order valence-electron chi connectivity index (χ1n) is 10.4. The lowest BCUT2D eigenvalue weighted by Crippen LogP contribution is -2.23. The number of hydrogen-bond donors (Lipinski definition) is 2. The van der Waals surface area contributed by atoms with Crippen molar-refractivity contribution in [3.8, 4) is 0 Å². The Hall–Kier alpha value is -1.78. The van der Waals surface area contributed by atoms with Crippen molar-refractivity contribution >= 4 is 0 Å². The minimum Gasteiger partial charge on any atom is -0.392 e. The Bertz CT molecular complexity index is 732. The monoisotopic (exact) mass is 388 g/mol. The zero-order valence-corrected chi connectivity index (χ0v) is 16.2. The second-order valence-electron chi connectivity index (χ2n) is 7.99. The maximum Gasteiger partial charge on any atom is 0.126 e. The summed E-state index contributed by atoms with van der Waals surface area (Å²) in [4.78, 5) is 0. The predicted molar refractivity (Wildman–Crippen MR) is 107 cm³/mol. The van der Waals surface area contributed by atoms with E-state index in [1.807, 2.05) is 6.07 Å². The summed E-state index contributed by atoms with van der Waals surface area (Å²) in [6.07, 6.45) is 7.44. The molecule has 0 unspecified atom stereocenters. The van der Waals surface area contributed by atoms with Crippen molar-refractivity contribution < 1.29 is 19.0 Å². The molecule has 2 aromatic rings. The lowest BCUT2D eigenvalue weighted by Gasteiger charge is -2.28. The van der Waals surface area contributed by atoms with Crippen LogP contribution in [0.1, 0.15) is 74.3 Å². The van der Waals surface area contributed by atoms with E-state index in [0.29, 0.717) is 5.56 Å². The molecule has 0 radical (unpaired) electrons. The van der Waals surface area contributed by atoms with Crippen molar-refractivity contribution in [2.45, 2.75) is 75.4 Å². The Morgan fingerprint density at radius 2 is 1.18 bits per heavy atom. The maximum absolute atomic E-state index is 13.4. The maximum atomic E-state index is 13.4. The Labute approximate surface area is 166 Å². The van der Waals surface area contributed by atoms with Gasteiger partial charge in [-0.15, -0.1) is 0 Å². The minimum atomic E-state index is -0.361. The normalized spacial score (nSPS) is 27.6. The molecule has 2 aromatic carbocycles. The van der Waals surface area contributed by atoms with Gasteiger partial charge in [-0.2, -0.15) is 0 Å². The fourth-order valence-electron chi connectivity index (χ4n) is 4.46. The highest BCUT2D eigenvalue weighted by atomic mass is 19.1. The molecule has 2 saturated carbocycles. The number of halogens is 2. The first-order chi connectivity index (χ1) is 13.6. The summed E-state index contributed by atoms with van der Waals surface area (Å²) in [5.74, 6) is -0.174. The lowest BCUT2D eigenvalue weighted by atomic mass is 9.81. The zero-order valence-electron chi connectivity index (χ0n) is 16.2. The van der Waals surface area contributed by atoms with Crippen LogP contribution >= 0.6 is 0 Å². The molecule has 0 amide bonds. The summed E-state index contributed by atoms with van der Waals surface area (Å²) >= 11 is 0. The van der Waals surface area contributed by atoms with Gasteiger partial charge in [0, 0.05) is 11.8 Å². The van der Waals surface area contributed by atoms with E-state index in [2.05, 4.69) is 0 Å². The van der Waals surface area contributed by atoms with E-state index in [9.17, 15) is 19.0 Å². The molecule has 0 heterocycles. The van der Waals surface area contributed by atoms with Crippen LogP contribution in [0.3, 0.4) is 0 Å². The second-order valence-corrected chi connectivity index (χ2v) is 7.99. The molecule has 2 nitrogen and oxygen atoms in total. The van der Waals surface area contributed by atoms with Gasteiger partial charge in [0.15, 0.2) is 0 Å². The molecule has 2 aliphatic carbocycles. The molecule has 4 rings (SSSR count). The van der Waals surface area contributed by atoms with Crippen molar-refractivity contribution in [2.75, 3.05) is 0 Å². The molecule has 0 saturated heterocycles. The third-order valence-electron chi connectivity index (χ3n) is 6.06. The fourth-order valence-corrected chi connectivity index (χ4v) is 4.46. The number of aliphatic hydroxyl groups excluding tert-OH is 2. The summed E-state index contributed by atoms with van der Waals surface area (Å²) in [6.45, 7) is 0. The largest absolute Gasteiger partial charge is 0.392 e. The third-order valence-corrected chi connectivity index (χ3v) is 6.06. The molecule has 4 atom stereocenters. The SMILES string of the molecule is O[C@@H]1CCCC[C@H]1c1ccc(F)cc1.O[C@@H]1CCCC[C@H]1c1ccccc1F. The van der Waals surface area contributed by atoms with Gasteiger partial charge in [0.25, 0.3) is 0 Å². The first-order valence-corrected chi connectivity index (χ1v) is 10.4. The van der Waals surface area contributed by atoms with Gasteiger partial charge >= 0.3 is 0 Å². The molecular weight excluding hydrogens is 358 g/mol. The van der Waals surface area contributed by atoms with Crippen LogP contribution in [0.15, 0.2) is 48.5 Å². The van der Waals surface area contributed by atoms with E-state index in [-0.39, 0.29) is 35.7 Å². The molecule has 0 spiro atoms. The first kappa shape index (κ1) is 20.9. The average molecular weight is 388 g/mol. The van der Waals surface area contributed by atoms with Gasteiger partial charge in [-0.25, -0.2) is 8.78 Å². The van der Waals surface area contributed by atoms with Crippen LogP contribution < -0.4 is 0 Å². The molecule has 2 N–H and O–H groups in total. The van der Waals surface area contributed by atoms with Crippen LogP contribution in [0.4, 0.5) is 8.78 Å². The molecule has 152 valence electrons. The molecule has 0 aliphatic heterocycles. The van der Waals surface area contributed by atoms with Gasteiger partial charge in [0.2, 0.25) is 0 Å². The Balaban J connectivity index is 0.000000161. The van der Waals surface area contributed by atoms with Crippen molar-refractivity contribution in [1.29, 1.82) is 0 Å². The quantitative estimate of drug-likeness (QED) is 0.694. The lowest BCUT2D eigenvalue weighted by molar-refractivity contribution is 0.104. The van der Waals surface area contributed by atoms with Crippen LogP contribution in [-0.2, 0) is 0 Å². The third kappa shape index (κ3) is 5.39. The Morgan fingerprint density at radius 1 is 0.643 bits per heavy atom. The van der Waals surface area contributed by atoms with E-state index in [1.54, 1.807) is 24.3 Å². The van der Waals surface area contributed by atoms with Crippen LogP contribution in [0, 0.1) is 11.6 Å². The van der Waals surface area contributed by atoms with Gasteiger partial charge in [-0.1, -0.05) is 56.0 Å². The molecule has 0 bridgehead atoms. The average Bonchev–Trinajstić information content (AvgIpc) is 2.71. The van der Waals surface area contributed by atoms with Crippen molar-refractivity contribution in [3.05, 3.63) is 71.3 Å². The molecule has 0 aromatic heterocycles. The summed E-state index contributed by atoms with van der Waals surface area (Å²) in [6, 6.07) is 13.3. The van der Waals surface area contributed by atoms with Crippen LogP contribution in [0.5, 0.6) is 0 Å². The predicted octanol–water partition coefficient (Wildman–Crippen LogP) is 5.69. The van der Waals surface area contributed by atoms with Crippen LogP contribution in [0.25, 0.3) is 0 Å². The number of aliphatic hydroxyl groups is 2. The topological polar surface area (TPSA) is 40.5 Å². The van der Waals surface area contributed by atoms with E-state index >= 15 is 0 Å². The number of rotatable bonds is 2.